The van der Waals surface area contributed by atoms with Crippen molar-refractivity contribution < 1.29 is 50.4 Å². The third-order valence-electron chi connectivity index (χ3n) is 16.7. The molecule has 2 saturated carbocycles. The van der Waals surface area contributed by atoms with Gasteiger partial charge in [-0.05, 0) is 223 Å². The summed E-state index contributed by atoms with van der Waals surface area (Å²) in [6.45, 7) is 8.39. The Labute approximate surface area is 534 Å². The number of aromatic nitrogens is 6. The number of carbonyl (C=O) groups excluding carboxylic acids is 3. The Morgan fingerprint density at radius 3 is 1.59 bits per heavy atom. The second-order valence-corrected chi connectivity index (χ2v) is 27.0. The zero-order chi connectivity index (χ0) is 64.7. The Balaban J connectivity index is 0.000000165. The molecule has 2 aliphatic rings. The maximum Gasteiger partial charge on any atom is 0.488 e. The van der Waals surface area contributed by atoms with Crippen molar-refractivity contribution in [1.29, 1.82) is 0 Å². The SMILES string of the molecule is Cc1cc2ncn(CC(=O)C[C@@H](Cc3cc(F)cc(F)c3)c3ncccc3-c3cccc(C(=O)CC4CC4)c3)c2cc1C.Cc1cc2ncn(CC(=O)C[C@@H](Cc3cc(F)cc(F)c3)c3ncccc3Br)c2cc1C.O=S(=O)(CC1CC1)c1cccc(B(O)O)c1. The fourth-order valence-corrected chi connectivity index (χ4v) is 13.6. The standard InChI is InChI=1S/C36H33F2N3O2.C25H22BrF2N3O.C10H13BO4S/c1-22-11-33-34(12-23(22)2)41(21-40-33)20-31(42)18-28(13-25-14-29(37)19-30(38)15-25)36-32(7-4-10-39-36)26-5-3-6-27(17-26)35(43)16-24-8-9-24;1-15-6-23-24(7-16(15)2)31(14-30-23)13-21(32)11-18(25-22(26)4-3-5-29-25)8-17-9-19(27)12-20(28)10-17;12-11(13)9-2-1-3-10(6-9)16(14,15)7-8-4-5-8/h3-7,10-12,14-15,17,19,21,24,28H,8-9,13,16,18,20H2,1-2H3;3-7,9-10,12,14,18H,8,11,13H2,1-2H3;1-3,6,8,12-13H,4-5,7H2/t28-;18-;/m11./s1. The zero-order valence-electron chi connectivity index (χ0n) is 50.8. The largest absolute Gasteiger partial charge is 0.488 e. The van der Waals surface area contributed by atoms with Crippen LogP contribution in [0, 0.1) is 62.8 Å². The van der Waals surface area contributed by atoms with Crippen molar-refractivity contribution in [3.63, 3.8) is 0 Å². The number of hydrogen-bond acceptors (Lipinski definition) is 11. The highest BCUT2D eigenvalue weighted by molar-refractivity contribution is 9.10. The molecule has 0 aliphatic heterocycles. The van der Waals surface area contributed by atoms with Crippen LogP contribution in [0.2, 0.25) is 0 Å². The fourth-order valence-electron chi connectivity index (χ4n) is 11.3. The van der Waals surface area contributed by atoms with Crippen LogP contribution in [-0.2, 0) is 45.4 Å². The van der Waals surface area contributed by atoms with Crippen molar-refractivity contribution in [1.82, 2.24) is 29.1 Å². The van der Waals surface area contributed by atoms with Crippen molar-refractivity contribution in [2.45, 2.75) is 115 Å². The highest BCUT2D eigenvalue weighted by Gasteiger charge is 2.31. The minimum absolute atomic E-state index is 0.0121. The molecule has 468 valence electrons. The van der Waals surface area contributed by atoms with Gasteiger partial charge in [0.05, 0.1) is 69.8 Å². The Hall–Kier alpha value is -8.30. The number of fused-ring (bicyclic) bond motifs is 2. The lowest BCUT2D eigenvalue weighted by molar-refractivity contribution is -0.120. The molecule has 2 fully saturated rings. The van der Waals surface area contributed by atoms with Gasteiger partial charge in [0.15, 0.2) is 27.2 Å². The van der Waals surface area contributed by atoms with E-state index in [-0.39, 0.29) is 77.6 Å². The summed E-state index contributed by atoms with van der Waals surface area (Å²) in [5.41, 5.74) is 12.7. The molecule has 0 saturated heterocycles. The summed E-state index contributed by atoms with van der Waals surface area (Å²) < 4.78 is 84.1. The third kappa shape index (κ3) is 17.4. The van der Waals surface area contributed by atoms with E-state index in [2.05, 4.69) is 30.9 Å². The molecular weight excluding hydrogens is 1250 g/mol. The molecule has 6 aromatic carbocycles. The lowest BCUT2D eigenvalue weighted by atomic mass is 9.80. The zero-order valence-corrected chi connectivity index (χ0v) is 53.2. The molecule has 91 heavy (non-hydrogen) atoms. The van der Waals surface area contributed by atoms with Crippen LogP contribution in [-0.4, -0.2) is 77.8 Å². The first kappa shape index (κ1) is 65.7. The molecule has 4 aromatic heterocycles. The Morgan fingerprint density at radius 1 is 0.582 bits per heavy atom. The predicted molar refractivity (Wildman–Crippen MR) is 348 cm³/mol. The smallest absolute Gasteiger partial charge is 0.423 e. The first-order chi connectivity index (χ1) is 43.5. The van der Waals surface area contributed by atoms with E-state index in [1.54, 1.807) is 31.1 Å². The summed E-state index contributed by atoms with van der Waals surface area (Å²) in [5.74, 6) is -2.43. The molecule has 2 aliphatic carbocycles. The van der Waals surface area contributed by atoms with Gasteiger partial charge in [0, 0.05) is 71.2 Å². The molecule has 0 radical (unpaired) electrons. The predicted octanol–water partition coefficient (Wildman–Crippen LogP) is 13.6. The quantitative estimate of drug-likeness (QED) is 0.0373. The van der Waals surface area contributed by atoms with Gasteiger partial charge in [-0.15, -0.1) is 0 Å². The van der Waals surface area contributed by atoms with E-state index in [0.717, 1.165) is 97.7 Å². The summed E-state index contributed by atoms with van der Waals surface area (Å²) in [6.07, 6.45) is 12.2. The lowest BCUT2D eigenvalue weighted by Gasteiger charge is -2.20. The second kappa shape index (κ2) is 28.9. The summed E-state index contributed by atoms with van der Waals surface area (Å²) in [6, 6.07) is 35.7. The van der Waals surface area contributed by atoms with Gasteiger partial charge in [-0.25, -0.2) is 35.9 Å². The van der Waals surface area contributed by atoms with Crippen molar-refractivity contribution >= 4 is 77.8 Å². The average Bonchev–Trinajstić information content (AvgIpc) is 1.97. The van der Waals surface area contributed by atoms with Crippen molar-refractivity contribution in [2.75, 3.05) is 5.75 Å². The first-order valence-corrected chi connectivity index (χ1v) is 32.6. The van der Waals surface area contributed by atoms with E-state index < -0.39 is 46.1 Å². The number of nitrogens with zero attached hydrogens (tertiary/aromatic N) is 6. The number of Topliss-reactive ketones (excluding diaryl/α,β-unsaturated/α-hetero) is 3. The molecule has 13 nitrogen and oxygen atoms in total. The van der Waals surface area contributed by atoms with Gasteiger partial charge in [-0.3, -0.25) is 24.4 Å². The monoisotopic (exact) mass is 1310 g/mol. The number of carbonyl (C=O) groups is 3. The summed E-state index contributed by atoms with van der Waals surface area (Å²) >= 11 is 3.50. The maximum atomic E-state index is 14.2. The third-order valence-corrected chi connectivity index (χ3v) is 19.2. The number of ketones is 3. The van der Waals surface area contributed by atoms with Gasteiger partial charge in [0.2, 0.25) is 0 Å². The Kier molecular flexibility index (Phi) is 20.8. The van der Waals surface area contributed by atoms with Crippen molar-refractivity contribution in [2.24, 2.45) is 11.8 Å². The van der Waals surface area contributed by atoms with E-state index in [1.807, 2.05) is 104 Å². The van der Waals surface area contributed by atoms with Gasteiger partial charge < -0.3 is 19.2 Å². The molecule has 2 atom stereocenters. The van der Waals surface area contributed by atoms with Crippen LogP contribution in [0.15, 0.2) is 168 Å². The minimum Gasteiger partial charge on any atom is -0.423 e. The molecule has 0 amide bonds. The van der Waals surface area contributed by atoms with Crippen molar-refractivity contribution in [3.8, 4) is 11.1 Å². The molecule has 4 heterocycles. The number of imidazole rings is 2. The lowest BCUT2D eigenvalue weighted by Crippen LogP contribution is -2.30. The minimum atomic E-state index is -3.28. The maximum absolute atomic E-state index is 14.2. The van der Waals surface area contributed by atoms with Crippen LogP contribution in [0.25, 0.3) is 33.2 Å². The number of benzene rings is 6. The van der Waals surface area contributed by atoms with Crippen LogP contribution in [0.4, 0.5) is 17.6 Å². The average molecular weight is 1320 g/mol. The molecule has 2 N–H and O–H groups in total. The van der Waals surface area contributed by atoms with Crippen LogP contribution in [0.1, 0.15) is 112 Å². The van der Waals surface area contributed by atoms with E-state index in [0.29, 0.717) is 46.8 Å². The van der Waals surface area contributed by atoms with Gasteiger partial charge in [0.1, 0.15) is 23.3 Å². The van der Waals surface area contributed by atoms with Gasteiger partial charge in [-0.2, -0.15) is 0 Å². The molecule has 10 aromatic rings. The number of pyridine rings is 2. The highest BCUT2D eigenvalue weighted by Crippen LogP contribution is 2.37. The van der Waals surface area contributed by atoms with Crippen LogP contribution in [0.5, 0.6) is 0 Å². The number of aryl methyl sites for hydroxylation is 4. The summed E-state index contributed by atoms with van der Waals surface area (Å²) in [5, 5.41) is 17.9. The molecule has 0 unspecified atom stereocenters. The molecule has 0 bridgehead atoms. The first-order valence-electron chi connectivity index (χ1n) is 30.2. The topological polar surface area (TPSA) is 187 Å². The number of sulfone groups is 1. The van der Waals surface area contributed by atoms with Gasteiger partial charge in [0.25, 0.3) is 0 Å². The van der Waals surface area contributed by atoms with E-state index >= 15 is 0 Å². The molecule has 20 heteroatoms. The van der Waals surface area contributed by atoms with Crippen LogP contribution >= 0.6 is 15.9 Å². The fraction of sp³-hybridized carbons (Fsp3) is 0.282. The van der Waals surface area contributed by atoms with Crippen LogP contribution in [0.3, 0.4) is 0 Å². The molecule has 0 spiro atoms. The van der Waals surface area contributed by atoms with Gasteiger partial charge >= 0.3 is 7.12 Å². The van der Waals surface area contributed by atoms with Crippen LogP contribution < -0.4 is 5.46 Å². The summed E-state index contributed by atoms with van der Waals surface area (Å²) in [7, 11) is -4.90. The van der Waals surface area contributed by atoms with E-state index in [9.17, 15) is 40.4 Å². The Bertz CT molecular complexity index is 4420. The second-order valence-electron chi connectivity index (χ2n) is 24.1. The molecular formula is C71H68BBrF4N6O7S. The number of hydrogen-bond donors (Lipinski definition) is 2. The van der Waals surface area contributed by atoms with Crippen molar-refractivity contribution in [3.05, 3.63) is 237 Å². The molecule has 12 rings (SSSR count). The van der Waals surface area contributed by atoms with E-state index in [1.165, 1.54) is 48.5 Å². The highest BCUT2D eigenvalue weighted by atomic mass is 79.9. The number of halogens is 5. The van der Waals surface area contributed by atoms with Gasteiger partial charge in [-0.1, -0.05) is 36.4 Å². The van der Waals surface area contributed by atoms with E-state index in [4.69, 9.17) is 15.0 Å². The number of rotatable bonds is 22. The summed E-state index contributed by atoms with van der Waals surface area (Å²) in [4.78, 5) is 57.8. The normalized spacial score (nSPS) is 13.7. The Morgan fingerprint density at radius 2 is 1.08 bits per heavy atom.